The summed E-state index contributed by atoms with van der Waals surface area (Å²) in [5.41, 5.74) is 0. The van der Waals surface area contributed by atoms with Gasteiger partial charge in [0.05, 0.1) is 0 Å². The zero-order valence-electron chi connectivity index (χ0n) is 8.02. The normalized spacial score (nSPS) is 27.5. The second kappa shape index (κ2) is 4.50. The molecule has 2 saturated heterocycles. The Balaban J connectivity index is 1.78. The molecule has 0 radical (unpaired) electrons. The standard InChI is InChI=1S/C10H6S4Se2/c1-2-6-8-7(5(1)15-16-6)13-10(14-8)9-11-3-4-12-9/h3-4H,1-2H2. The van der Waals surface area contributed by atoms with E-state index >= 15 is 0 Å². The fraction of sp³-hybridized carbons (Fsp3) is 0.200. The molecule has 0 nitrogen and oxygen atoms in total. The van der Waals surface area contributed by atoms with Crippen LogP contribution in [0.4, 0.5) is 0 Å². The molecule has 2 fully saturated rings. The summed E-state index contributed by atoms with van der Waals surface area (Å²) in [5.74, 6) is 0. The fourth-order valence-electron chi connectivity index (χ4n) is 1.77. The van der Waals surface area contributed by atoms with Gasteiger partial charge in [-0.05, 0) is 0 Å². The first-order valence-corrected chi connectivity index (χ1v) is 14.3. The average Bonchev–Trinajstić information content (AvgIpc) is 3.00. The first kappa shape index (κ1) is 11.2. The van der Waals surface area contributed by atoms with Crippen molar-refractivity contribution >= 4 is 73.3 Å². The number of thioether (sulfide) groups is 4. The Labute approximate surface area is 123 Å². The van der Waals surface area contributed by atoms with Crippen LogP contribution >= 0.6 is 47.0 Å². The molecule has 5 rings (SSSR count). The minimum absolute atomic E-state index is 0.849. The molecule has 0 N–H and O–H groups in total. The molecule has 82 valence electrons. The van der Waals surface area contributed by atoms with Gasteiger partial charge < -0.3 is 0 Å². The van der Waals surface area contributed by atoms with Crippen molar-refractivity contribution in [1.29, 1.82) is 0 Å². The van der Waals surface area contributed by atoms with Gasteiger partial charge in [-0.3, -0.25) is 0 Å². The van der Waals surface area contributed by atoms with Gasteiger partial charge >= 0.3 is 124 Å². The first-order chi connectivity index (χ1) is 7.92. The topological polar surface area (TPSA) is 0 Å². The second-order valence-electron chi connectivity index (χ2n) is 3.46. The molecule has 0 aromatic heterocycles. The van der Waals surface area contributed by atoms with E-state index in [1.165, 1.54) is 17.1 Å². The first-order valence-electron chi connectivity index (χ1n) is 4.81. The molecule has 0 atom stereocenters. The van der Waals surface area contributed by atoms with Crippen molar-refractivity contribution in [3.8, 4) is 0 Å². The second-order valence-corrected chi connectivity index (χ2v) is 14.2. The SMILES string of the molecule is C1=CSC(=C2SC3=C4CCC(=C3S2)[Se][Se]4)S1. The third kappa shape index (κ3) is 1.78. The number of rotatable bonds is 0. The fourth-order valence-corrected chi connectivity index (χ4v) is 16.9. The van der Waals surface area contributed by atoms with Crippen LogP contribution in [0, 0.1) is 0 Å². The van der Waals surface area contributed by atoms with E-state index in [4.69, 9.17) is 0 Å². The maximum atomic E-state index is 2.20. The van der Waals surface area contributed by atoms with E-state index in [-0.39, 0.29) is 0 Å². The number of fused-ring (bicyclic) bond motifs is 2. The third-order valence-corrected chi connectivity index (χ3v) is 16.5. The molecule has 16 heavy (non-hydrogen) atoms. The molecule has 6 heteroatoms. The number of allylic oxidation sites excluding steroid dienone is 2. The van der Waals surface area contributed by atoms with E-state index in [0.29, 0.717) is 0 Å². The van der Waals surface area contributed by atoms with E-state index < -0.39 is 0 Å². The van der Waals surface area contributed by atoms with E-state index in [1.807, 2.05) is 32.5 Å². The summed E-state index contributed by atoms with van der Waals surface area (Å²) >= 11 is 9.61. The third-order valence-electron chi connectivity index (χ3n) is 2.50. The molecule has 0 aromatic carbocycles. The molecule has 0 amide bonds. The zero-order valence-corrected chi connectivity index (χ0v) is 14.7. The zero-order chi connectivity index (χ0) is 10.5. The summed E-state index contributed by atoms with van der Waals surface area (Å²) < 4.78 is 6.71. The molecule has 2 bridgehead atoms. The van der Waals surface area contributed by atoms with Crippen LogP contribution in [0.3, 0.4) is 0 Å². The Morgan fingerprint density at radius 3 is 1.88 bits per heavy atom. The molecule has 0 spiro atoms. The minimum atomic E-state index is 0.849. The maximum absolute atomic E-state index is 2.20. The van der Waals surface area contributed by atoms with Crippen molar-refractivity contribution in [2.24, 2.45) is 0 Å². The van der Waals surface area contributed by atoms with Gasteiger partial charge in [0.15, 0.2) is 0 Å². The van der Waals surface area contributed by atoms with Crippen molar-refractivity contribution < 1.29 is 0 Å². The quantitative estimate of drug-likeness (QED) is 0.550. The van der Waals surface area contributed by atoms with Crippen molar-refractivity contribution in [3.63, 3.8) is 0 Å². The number of hydrogen-bond donors (Lipinski definition) is 0. The van der Waals surface area contributed by atoms with Crippen LogP contribution in [0.2, 0.25) is 0 Å². The molecular formula is C10H6S4Se2. The van der Waals surface area contributed by atoms with E-state index in [1.54, 1.807) is 14.0 Å². The Kier molecular flexibility index (Phi) is 3.16. The predicted molar refractivity (Wildman–Crippen MR) is 81.3 cm³/mol. The molecule has 0 saturated carbocycles. The van der Waals surface area contributed by atoms with Gasteiger partial charge in [0.25, 0.3) is 0 Å². The summed E-state index contributed by atoms with van der Waals surface area (Å²) in [4.78, 5) is 3.35. The van der Waals surface area contributed by atoms with Crippen LogP contribution in [0.25, 0.3) is 0 Å². The van der Waals surface area contributed by atoms with Crippen molar-refractivity contribution in [2.45, 2.75) is 12.8 Å². The molecule has 1 aliphatic carbocycles. The molecule has 5 aliphatic rings. The van der Waals surface area contributed by atoms with E-state index in [9.17, 15) is 0 Å². The van der Waals surface area contributed by atoms with Crippen molar-refractivity contribution in [2.75, 3.05) is 0 Å². The van der Waals surface area contributed by atoms with Crippen LogP contribution in [-0.4, -0.2) is 26.3 Å². The van der Waals surface area contributed by atoms with Gasteiger partial charge in [-0.15, -0.1) is 0 Å². The molecule has 4 aliphatic heterocycles. The predicted octanol–water partition coefficient (Wildman–Crippen LogP) is 4.10. The Morgan fingerprint density at radius 2 is 1.38 bits per heavy atom. The van der Waals surface area contributed by atoms with Crippen LogP contribution in [0.15, 0.2) is 38.0 Å². The van der Waals surface area contributed by atoms with Gasteiger partial charge in [0.1, 0.15) is 0 Å². The monoisotopic (exact) mass is 414 g/mol. The van der Waals surface area contributed by atoms with E-state index in [0.717, 1.165) is 26.3 Å². The summed E-state index contributed by atoms with van der Waals surface area (Å²) in [6.45, 7) is 0. The van der Waals surface area contributed by atoms with Gasteiger partial charge in [0, 0.05) is 0 Å². The van der Waals surface area contributed by atoms with E-state index in [2.05, 4.69) is 34.3 Å². The van der Waals surface area contributed by atoms with Gasteiger partial charge in [-0.2, -0.15) is 0 Å². The summed E-state index contributed by atoms with van der Waals surface area (Å²) in [7, 11) is 0. The Hall–Kier alpha value is 1.40. The Bertz CT molecular complexity index is 447. The molecule has 0 aromatic rings. The Morgan fingerprint density at radius 1 is 0.812 bits per heavy atom. The van der Waals surface area contributed by atoms with Gasteiger partial charge in [-0.1, -0.05) is 0 Å². The molecular weight excluding hydrogens is 406 g/mol. The van der Waals surface area contributed by atoms with Gasteiger partial charge in [0.2, 0.25) is 0 Å². The average molecular weight is 412 g/mol. The number of hydrogen-bond acceptors (Lipinski definition) is 4. The van der Waals surface area contributed by atoms with Crippen molar-refractivity contribution in [1.82, 2.24) is 0 Å². The van der Waals surface area contributed by atoms with Crippen LogP contribution in [0.1, 0.15) is 12.8 Å². The van der Waals surface area contributed by atoms with Crippen LogP contribution < -0.4 is 0 Å². The van der Waals surface area contributed by atoms with Crippen LogP contribution in [-0.2, 0) is 0 Å². The molecule has 4 heterocycles. The molecule has 0 unspecified atom stereocenters. The van der Waals surface area contributed by atoms with Crippen molar-refractivity contribution in [3.05, 3.63) is 38.0 Å². The van der Waals surface area contributed by atoms with Crippen LogP contribution in [0.5, 0.6) is 0 Å². The summed E-state index contributed by atoms with van der Waals surface area (Å²) in [5, 5.41) is 4.41. The summed E-state index contributed by atoms with van der Waals surface area (Å²) in [6, 6.07) is 0. The van der Waals surface area contributed by atoms with Gasteiger partial charge in [-0.25, -0.2) is 0 Å². The summed E-state index contributed by atoms with van der Waals surface area (Å²) in [6.07, 6.45) is 2.76.